The first-order valence-corrected chi connectivity index (χ1v) is 17.1. The molecule has 250 valence electrons. The van der Waals surface area contributed by atoms with E-state index >= 15 is 0 Å². The number of hydrogen-bond donors (Lipinski definition) is 5. The maximum Gasteiger partial charge on any atom is 0.315 e. The molecule has 0 bridgehead atoms. The number of nitrogens with one attached hydrogen (secondary N) is 5. The van der Waals surface area contributed by atoms with E-state index in [9.17, 15) is 9.59 Å². The minimum Gasteiger partial charge on any atom is -0.378 e. The summed E-state index contributed by atoms with van der Waals surface area (Å²) in [4.78, 5) is 23.3. The van der Waals surface area contributed by atoms with Gasteiger partial charge in [0.15, 0.2) is 0 Å². The quantitative estimate of drug-likeness (QED) is 0.141. The van der Waals surface area contributed by atoms with Crippen LogP contribution in [0.15, 0.2) is 0 Å². The zero-order chi connectivity index (χ0) is 30.9. The van der Waals surface area contributed by atoms with Crippen molar-refractivity contribution in [1.82, 2.24) is 31.9 Å². The van der Waals surface area contributed by atoms with Crippen molar-refractivity contribution < 1.29 is 23.8 Å². The molecule has 0 spiro atoms. The molecule has 3 amide bonds. The Bertz CT molecular complexity index is 789. The average molecular weight is 611 g/mol. The fourth-order valence-corrected chi connectivity index (χ4v) is 6.63. The highest BCUT2D eigenvalue weighted by atomic mass is 16.5. The zero-order valence-corrected chi connectivity index (χ0v) is 27.5. The number of unbranched alkanes of at least 4 members (excludes halogenated alkanes) is 2. The fourth-order valence-electron chi connectivity index (χ4n) is 6.63. The van der Waals surface area contributed by atoms with E-state index in [0.717, 1.165) is 38.1 Å². The van der Waals surface area contributed by atoms with Crippen LogP contribution in [0.25, 0.3) is 0 Å². The summed E-state index contributed by atoms with van der Waals surface area (Å²) in [5, 5.41) is 11.1. The molecule has 2 saturated heterocycles. The lowest BCUT2D eigenvalue weighted by atomic mass is 9.75. The van der Waals surface area contributed by atoms with Crippen molar-refractivity contribution in [2.24, 2.45) is 11.3 Å². The van der Waals surface area contributed by atoms with Crippen LogP contribution >= 0.6 is 0 Å². The third kappa shape index (κ3) is 13.6. The van der Waals surface area contributed by atoms with Crippen LogP contribution in [0.4, 0.5) is 4.79 Å². The second-order valence-corrected chi connectivity index (χ2v) is 13.7. The standard InChI is InChI=1S/C32H62N6O5/c1-25-27(35-31(40)34-25)15-11-8-12-16-28(39)33-17-19-41-21-23-43-24-22-42-20-18-38-29(30(36-37-38)32(2,3)4)26-13-9-6-5-7-10-14-26/h25-27,29-30,36-37H,5-24H2,1-4H3,(H,33,39)(H2,34,35,40)/t25-,27+,29?,30?/m0/s1. The Balaban J connectivity index is 1.13. The van der Waals surface area contributed by atoms with Crippen LogP contribution in [0.5, 0.6) is 0 Å². The third-order valence-corrected chi connectivity index (χ3v) is 9.12. The smallest absolute Gasteiger partial charge is 0.315 e. The van der Waals surface area contributed by atoms with Crippen LogP contribution in [0.3, 0.4) is 0 Å². The molecule has 5 N–H and O–H groups in total. The van der Waals surface area contributed by atoms with Gasteiger partial charge in [-0.1, -0.05) is 65.7 Å². The lowest BCUT2D eigenvalue weighted by Crippen LogP contribution is -2.49. The minimum absolute atomic E-state index is 0.0612. The van der Waals surface area contributed by atoms with E-state index in [1.807, 2.05) is 6.92 Å². The van der Waals surface area contributed by atoms with Crippen molar-refractivity contribution in [3.8, 4) is 0 Å². The number of rotatable bonds is 19. The van der Waals surface area contributed by atoms with Crippen molar-refractivity contribution in [2.45, 2.75) is 129 Å². The molecule has 43 heavy (non-hydrogen) atoms. The summed E-state index contributed by atoms with van der Waals surface area (Å²) < 4.78 is 17.1. The van der Waals surface area contributed by atoms with E-state index in [4.69, 9.17) is 14.2 Å². The first-order chi connectivity index (χ1) is 20.8. The molecule has 4 atom stereocenters. The van der Waals surface area contributed by atoms with Gasteiger partial charge in [-0.15, -0.1) is 0 Å². The number of ether oxygens (including phenoxy) is 3. The van der Waals surface area contributed by atoms with Gasteiger partial charge in [0.1, 0.15) is 0 Å². The maximum absolute atomic E-state index is 12.0. The van der Waals surface area contributed by atoms with Crippen LogP contribution < -0.4 is 26.9 Å². The van der Waals surface area contributed by atoms with Crippen LogP contribution in [-0.2, 0) is 19.0 Å². The summed E-state index contributed by atoms with van der Waals surface area (Å²) >= 11 is 0. The van der Waals surface area contributed by atoms with Crippen molar-refractivity contribution in [1.29, 1.82) is 0 Å². The van der Waals surface area contributed by atoms with Gasteiger partial charge in [0.05, 0.1) is 45.7 Å². The third-order valence-electron chi connectivity index (χ3n) is 9.12. The highest BCUT2D eigenvalue weighted by Gasteiger charge is 2.44. The first-order valence-electron chi connectivity index (χ1n) is 17.1. The number of carbonyl (C=O) groups excluding carboxylic acids is 2. The topological polar surface area (TPSA) is 125 Å². The second kappa shape index (κ2) is 19.8. The molecule has 2 heterocycles. The molecule has 0 aromatic rings. The molecule has 0 radical (unpaired) electrons. The summed E-state index contributed by atoms with van der Waals surface area (Å²) in [5.74, 6) is 0.778. The molecule has 0 aromatic heterocycles. The lowest BCUT2D eigenvalue weighted by Gasteiger charge is -2.39. The number of urea groups is 1. The lowest BCUT2D eigenvalue weighted by molar-refractivity contribution is -0.121. The Morgan fingerprint density at radius 3 is 2.19 bits per heavy atom. The summed E-state index contributed by atoms with van der Waals surface area (Å²) in [5.41, 5.74) is 7.27. The normalized spacial score (nSPS) is 25.7. The Morgan fingerprint density at radius 2 is 1.53 bits per heavy atom. The van der Waals surface area contributed by atoms with E-state index in [1.54, 1.807) is 0 Å². The first kappa shape index (κ1) is 36.0. The molecule has 2 unspecified atom stereocenters. The van der Waals surface area contributed by atoms with Crippen LogP contribution in [0.1, 0.15) is 105 Å². The molecule has 2 aliphatic heterocycles. The maximum atomic E-state index is 12.0. The van der Waals surface area contributed by atoms with Gasteiger partial charge in [-0.3, -0.25) is 4.79 Å². The summed E-state index contributed by atoms with van der Waals surface area (Å²) in [6.07, 6.45) is 13.8. The molecule has 3 aliphatic rings. The van der Waals surface area contributed by atoms with Gasteiger partial charge in [-0.05, 0) is 43.9 Å². The van der Waals surface area contributed by atoms with Crippen molar-refractivity contribution in [3.63, 3.8) is 0 Å². The molecule has 3 fully saturated rings. The summed E-state index contributed by atoms with van der Waals surface area (Å²) in [6, 6.07) is 1.19. The average Bonchev–Trinajstić information content (AvgIpc) is 3.51. The highest BCUT2D eigenvalue weighted by Crippen LogP contribution is 2.35. The summed E-state index contributed by atoms with van der Waals surface area (Å²) in [6.45, 7) is 13.7. The number of carbonyl (C=O) groups is 2. The van der Waals surface area contributed by atoms with E-state index in [2.05, 4.69) is 52.7 Å². The van der Waals surface area contributed by atoms with Gasteiger partial charge < -0.3 is 30.2 Å². The van der Waals surface area contributed by atoms with Crippen molar-refractivity contribution in [2.75, 3.05) is 52.7 Å². The van der Waals surface area contributed by atoms with E-state index in [-0.39, 0.29) is 29.4 Å². The van der Waals surface area contributed by atoms with Gasteiger partial charge in [-0.2, -0.15) is 5.53 Å². The van der Waals surface area contributed by atoms with Crippen molar-refractivity contribution >= 4 is 11.9 Å². The molecular formula is C32H62N6O5. The predicted molar refractivity (Wildman–Crippen MR) is 169 cm³/mol. The monoisotopic (exact) mass is 610 g/mol. The van der Waals surface area contributed by atoms with Gasteiger partial charge in [0.2, 0.25) is 5.91 Å². The van der Waals surface area contributed by atoms with Gasteiger partial charge in [0, 0.05) is 37.6 Å². The molecule has 3 rings (SSSR count). The fraction of sp³-hybridized carbons (Fsp3) is 0.938. The van der Waals surface area contributed by atoms with Crippen LogP contribution in [0.2, 0.25) is 0 Å². The summed E-state index contributed by atoms with van der Waals surface area (Å²) in [7, 11) is 0. The Hall–Kier alpha value is -1.50. The molecular weight excluding hydrogens is 548 g/mol. The zero-order valence-electron chi connectivity index (χ0n) is 27.5. The van der Waals surface area contributed by atoms with E-state index < -0.39 is 0 Å². The van der Waals surface area contributed by atoms with Crippen LogP contribution in [-0.4, -0.2) is 93.8 Å². The second-order valence-electron chi connectivity index (χ2n) is 13.7. The van der Waals surface area contributed by atoms with Crippen LogP contribution in [0, 0.1) is 11.3 Å². The number of nitrogens with zero attached hydrogens (tertiary/aromatic N) is 1. The van der Waals surface area contributed by atoms with Gasteiger partial charge in [-0.25, -0.2) is 15.2 Å². The Morgan fingerprint density at radius 1 is 0.884 bits per heavy atom. The van der Waals surface area contributed by atoms with Gasteiger partial charge in [0.25, 0.3) is 0 Å². The minimum atomic E-state index is -0.0822. The van der Waals surface area contributed by atoms with E-state index in [0.29, 0.717) is 64.7 Å². The molecule has 11 nitrogen and oxygen atoms in total. The number of amides is 3. The van der Waals surface area contributed by atoms with E-state index in [1.165, 1.54) is 44.9 Å². The molecule has 1 aliphatic carbocycles. The van der Waals surface area contributed by atoms with Gasteiger partial charge >= 0.3 is 6.03 Å². The SMILES string of the molecule is C[C@@H]1NC(=O)N[C@@H]1CCCCCC(=O)NCCOCCOCCOCCN1NNC(C(C)(C)C)C1C1CCCCCCC1. The molecule has 11 heteroatoms. The molecule has 1 saturated carbocycles. The highest BCUT2D eigenvalue weighted by molar-refractivity contribution is 5.77. The molecule has 0 aromatic carbocycles. The number of hydrogen-bond acceptors (Lipinski definition) is 8. The Kier molecular flexibility index (Phi) is 16.6. The predicted octanol–water partition coefficient (Wildman–Crippen LogP) is 3.64. The Labute approximate surface area is 260 Å². The largest absolute Gasteiger partial charge is 0.378 e. The van der Waals surface area contributed by atoms with Crippen molar-refractivity contribution in [3.05, 3.63) is 0 Å². The number of hydrazine groups is 2.